The van der Waals surface area contributed by atoms with Crippen molar-refractivity contribution in [1.82, 2.24) is 4.90 Å². The van der Waals surface area contributed by atoms with Crippen molar-refractivity contribution < 1.29 is 19.4 Å². The molecule has 3 aromatic carbocycles. The van der Waals surface area contributed by atoms with Crippen LogP contribution in [0, 0.1) is 0 Å². The van der Waals surface area contributed by atoms with Gasteiger partial charge in [0.25, 0.3) is 11.7 Å². The summed E-state index contributed by atoms with van der Waals surface area (Å²) in [7, 11) is 1.56. The molecule has 0 radical (unpaired) electrons. The number of benzene rings is 3. The van der Waals surface area contributed by atoms with E-state index in [1.165, 1.54) is 0 Å². The SMILES string of the molecule is COc1ccc(C(O)=C2C(=O)C(=O)N(Cc3ccccc3)C2c2ccc(C(C)(C)C)cc2)cc1. The van der Waals surface area contributed by atoms with Gasteiger partial charge in [-0.15, -0.1) is 0 Å². The molecule has 1 saturated heterocycles. The number of ether oxygens (including phenoxy) is 1. The molecule has 0 aliphatic carbocycles. The van der Waals surface area contributed by atoms with Crippen molar-refractivity contribution in [2.24, 2.45) is 0 Å². The standard InChI is InChI=1S/C29H29NO4/c1-29(2,3)22-14-10-20(11-15-22)25-24(26(31)21-12-16-23(34-4)17-13-21)27(32)28(33)30(25)18-19-8-6-5-7-9-19/h5-17,25,31H,18H2,1-4H3. The van der Waals surface area contributed by atoms with Gasteiger partial charge in [0, 0.05) is 12.1 Å². The van der Waals surface area contributed by atoms with E-state index in [-0.39, 0.29) is 23.3 Å². The number of amides is 1. The Morgan fingerprint density at radius 1 is 0.912 bits per heavy atom. The van der Waals surface area contributed by atoms with Crippen LogP contribution in [0.2, 0.25) is 0 Å². The molecule has 1 heterocycles. The molecule has 34 heavy (non-hydrogen) atoms. The zero-order chi connectivity index (χ0) is 24.5. The fraction of sp³-hybridized carbons (Fsp3) is 0.241. The molecule has 0 saturated carbocycles. The summed E-state index contributed by atoms with van der Waals surface area (Å²) in [6.45, 7) is 6.66. The minimum Gasteiger partial charge on any atom is -0.507 e. The highest BCUT2D eigenvalue weighted by Crippen LogP contribution is 2.41. The van der Waals surface area contributed by atoms with Gasteiger partial charge in [-0.05, 0) is 46.4 Å². The van der Waals surface area contributed by atoms with Crippen molar-refractivity contribution in [3.63, 3.8) is 0 Å². The summed E-state index contributed by atoms with van der Waals surface area (Å²) >= 11 is 0. The molecule has 1 N–H and O–H groups in total. The number of aliphatic hydroxyl groups is 1. The zero-order valence-electron chi connectivity index (χ0n) is 19.9. The summed E-state index contributed by atoms with van der Waals surface area (Å²) in [5.74, 6) is -0.866. The van der Waals surface area contributed by atoms with Crippen molar-refractivity contribution >= 4 is 17.4 Å². The summed E-state index contributed by atoms with van der Waals surface area (Å²) < 4.78 is 5.20. The van der Waals surface area contributed by atoms with Crippen LogP contribution in [-0.2, 0) is 21.5 Å². The average molecular weight is 456 g/mol. The van der Waals surface area contributed by atoms with Crippen LogP contribution in [0.1, 0.15) is 49.1 Å². The first-order valence-corrected chi connectivity index (χ1v) is 11.3. The third-order valence-electron chi connectivity index (χ3n) is 6.19. The van der Waals surface area contributed by atoms with Crippen molar-refractivity contribution in [3.05, 3.63) is 107 Å². The quantitative estimate of drug-likeness (QED) is 0.308. The molecule has 5 nitrogen and oxygen atoms in total. The number of ketones is 1. The summed E-state index contributed by atoms with van der Waals surface area (Å²) in [6, 6.07) is 23.5. The van der Waals surface area contributed by atoms with Gasteiger partial charge in [-0.2, -0.15) is 0 Å². The van der Waals surface area contributed by atoms with E-state index < -0.39 is 17.7 Å². The Hall–Kier alpha value is -3.86. The predicted molar refractivity (Wildman–Crippen MR) is 132 cm³/mol. The average Bonchev–Trinajstić information content (AvgIpc) is 3.09. The van der Waals surface area contributed by atoms with Gasteiger partial charge in [-0.1, -0.05) is 75.4 Å². The molecule has 174 valence electrons. The van der Waals surface area contributed by atoms with Crippen molar-refractivity contribution in [2.45, 2.75) is 38.8 Å². The Balaban J connectivity index is 1.84. The highest BCUT2D eigenvalue weighted by atomic mass is 16.5. The Kier molecular flexibility index (Phi) is 6.29. The number of aliphatic hydroxyl groups excluding tert-OH is 1. The van der Waals surface area contributed by atoms with E-state index in [2.05, 4.69) is 20.8 Å². The minimum atomic E-state index is -0.698. The van der Waals surface area contributed by atoms with Crippen LogP contribution in [0.25, 0.3) is 5.76 Å². The van der Waals surface area contributed by atoms with Crippen LogP contribution in [0.4, 0.5) is 0 Å². The predicted octanol–water partition coefficient (Wildman–Crippen LogP) is 5.61. The lowest BCUT2D eigenvalue weighted by Crippen LogP contribution is -2.29. The molecule has 5 heteroatoms. The van der Waals surface area contributed by atoms with Gasteiger partial charge in [0.1, 0.15) is 11.5 Å². The maximum atomic E-state index is 13.2. The lowest BCUT2D eigenvalue weighted by Gasteiger charge is -2.26. The van der Waals surface area contributed by atoms with Gasteiger partial charge in [-0.3, -0.25) is 9.59 Å². The number of rotatable bonds is 5. The summed E-state index contributed by atoms with van der Waals surface area (Å²) in [4.78, 5) is 27.9. The second-order valence-corrected chi connectivity index (χ2v) is 9.51. The van der Waals surface area contributed by atoms with E-state index in [4.69, 9.17) is 4.74 Å². The number of hydrogen-bond acceptors (Lipinski definition) is 4. The fourth-order valence-corrected chi connectivity index (χ4v) is 4.24. The Morgan fingerprint density at radius 3 is 2.09 bits per heavy atom. The Morgan fingerprint density at radius 2 is 1.53 bits per heavy atom. The third kappa shape index (κ3) is 4.46. The highest BCUT2D eigenvalue weighted by molar-refractivity contribution is 6.46. The molecule has 1 aliphatic heterocycles. The number of likely N-dealkylation sites (tertiary alicyclic amines) is 1. The molecule has 1 unspecified atom stereocenters. The van der Waals surface area contributed by atoms with Crippen LogP contribution < -0.4 is 4.74 Å². The molecule has 4 rings (SSSR count). The smallest absolute Gasteiger partial charge is 0.295 e. The maximum absolute atomic E-state index is 13.2. The summed E-state index contributed by atoms with van der Waals surface area (Å²) in [6.07, 6.45) is 0. The van der Waals surface area contributed by atoms with Crippen molar-refractivity contribution in [2.75, 3.05) is 7.11 Å². The van der Waals surface area contributed by atoms with E-state index in [0.717, 1.165) is 16.7 Å². The number of nitrogens with zero attached hydrogens (tertiary/aromatic N) is 1. The van der Waals surface area contributed by atoms with Gasteiger partial charge in [0.05, 0.1) is 18.7 Å². The van der Waals surface area contributed by atoms with Crippen molar-refractivity contribution in [1.29, 1.82) is 0 Å². The molecule has 0 spiro atoms. The third-order valence-corrected chi connectivity index (χ3v) is 6.19. The molecule has 0 aromatic heterocycles. The van der Waals surface area contributed by atoms with Crippen LogP contribution in [0.3, 0.4) is 0 Å². The van der Waals surface area contributed by atoms with Crippen LogP contribution in [-0.4, -0.2) is 28.8 Å². The van der Waals surface area contributed by atoms with Gasteiger partial charge in [0.2, 0.25) is 0 Å². The van der Waals surface area contributed by atoms with E-state index in [0.29, 0.717) is 11.3 Å². The van der Waals surface area contributed by atoms with Crippen LogP contribution in [0.15, 0.2) is 84.4 Å². The lowest BCUT2D eigenvalue weighted by molar-refractivity contribution is -0.140. The van der Waals surface area contributed by atoms with Crippen molar-refractivity contribution in [3.8, 4) is 5.75 Å². The first kappa shape index (κ1) is 23.3. The summed E-state index contributed by atoms with van der Waals surface area (Å²) in [5.41, 5.74) is 3.34. The first-order valence-electron chi connectivity index (χ1n) is 11.3. The number of Topliss-reactive ketones (excluding diaryl/α,β-unsaturated/α-hetero) is 1. The molecule has 1 aliphatic rings. The molecular weight excluding hydrogens is 426 g/mol. The highest BCUT2D eigenvalue weighted by Gasteiger charge is 2.46. The second kappa shape index (κ2) is 9.18. The fourth-order valence-electron chi connectivity index (χ4n) is 4.24. The van der Waals surface area contributed by atoms with E-state index in [1.54, 1.807) is 36.3 Å². The van der Waals surface area contributed by atoms with E-state index >= 15 is 0 Å². The number of methoxy groups -OCH3 is 1. The molecule has 3 aromatic rings. The monoisotopic (exact) mass is 455 g/mol. The Labute approximate surface area is 200 Å². The molecule has 0 bridgehead atoms. The minimum absolute atomic E-state index is 0.0343. The number of carbonyl (C=O) groups is 2. The van der Waals surface area contributed by atoms with Gasteiger partial charge in [0.15, 0.2) is 0 Å². The molecule has 1 fully saturated rings. The zero-order valence-corrected chi connectivity index (χ0v) is 19.9. The largest absolute Gasteiger partial charge is 0.507 e. The lowest BCUT2D eigenvalue weighted by atomic mass is 9.85. The van der Waals surface area contributed by atoms with Crippen LogP contribution >= 0.6 is 0 Å². The molecule has 1 amide bonds. The Bertz CT molecular complexity index is 1220. The van der Waals surface area contributed by atoms with E-state index in [9.17, 15) is 14.7 Å². The van der Waals surface area contributed by atoms with Gasteiger partial charge in [-0.25, -0.2) is 0 Å². The van der Waals surface area contributed by atoms with E-state index in [1.807, 2.05) is 54.6 Å². The molecule has 1 atom stereocenters. The normalized spacial score (nSPS) is 17.8. The number of carbonyl (C=O) groups excluding carboxylic acids is 2. The molecular formula is C29H29NO4. The second-order valence-electron chi connectivity index (χ2n) is 9.51. The first-order chi connectivity index (χ1) is 16.2. The van der Waals surface area contributed by atoms with Gasteiger partial charge >= 0.3 is 0 Å². The maximum Gasteiger partial charge on any atom is 0.295 e. The van der Waals surface area contributed by atoms with Crippen LogP contribution in [0.5, 0.6) is 5.75 Å². The van der Waals surface area contributed by atoms with Gasteiger partial charge < -0.3 is 14.7 Å². The number of hydrogen-bond donors (Lipinski definition) is 1. The topological polar surface area (TPSA) is 66.8 Å². The summed E-state index contributed by atoms with van der Waals surface area (Å²) in [5, 5.41) is 11.2.